The van der Waals surface area contributed by atoms with E-state index in [4.69, 9.17) is 0 Å². The van der Waals surface area contributed by atoms with E-state index in [-0.39, 0.29) is 51.0 Å². The summed E-state index contributed by atoms with van der Waals surface area (Å²) < 4.78 is 108. The Hall–Kier alpha value is -1.86. The van der Waals surface area contributed by atoms with Crippen molar-refractivity contribution in [3.8, 4) is 0 Å². The molecule has 158 valence electrons. The molecule has 0 saturated carbocycles. The SMILES string of the molecule is COCC(=O)N1CCN(S(=O)(=O)c2cc(C(F)(F)F)cc(C(F)(F)F)c2)CC1. The molecule has 6 nitrogen and oxygen atoms in total. The molecule has 1 aliphatic rings. The predicted molar refractivity (Wildman–Crippen MR) is 83.7 cm³/mol. The van der Waals surface area contributed by atoms with Crippen molar-refractivity contribution in [3.05, 3.63) is 29.3 Å². The molecule has 1 heterocycles. The van der Waals surface area contributed by atoms with Gasteiger partial charge in [-0.25, -0.2) is 8.42 Å². The van der Waals surface area contributed by atoms with Crippen LogP contribution in [0.4, 0.5) is 26.3 Å². The van der Waals surface area contributed by atoms with Gasteiger partial charge >= 0.3 is 12.4 Å². The molecule has 2 rings (SSSR count). The van der Waals surface area contributed by atoms with Gasteiger partial charge in [0.2, 0.25) is 15.9 Å². The maximum Gasteiger partial charge on any atom is 0.416 e. The number of halogens is 6. The molecule has 1 aromatic rings. The molecule has 1 amide bonds. The molecule has 0 aliphatic carbocycles. The number of carbonyl (C=O) groups excluding carboxylic acids is 1. The Kier molecular flexibility index (Phi) is 6.31. The first-order valence-corrected chi connectivity index (χ1v) is 9.27. The second kappa shape index (κ2) is 7.87. The summed E-state index contributed by atoms with van der Waals surface area (Å²) in [5, 5.41) is 0. The standard InChI is InChI=1S/C15H16F6N2O4S/c1-27-9-13(24)22-2-4-23(5-3-22)28(25,26)12-7-10(14(16,17)18)6-11(8-12)15(19,20)21/h6-8H,2-5,9H2,1H3. The number of hydrogen-bond donors (Lipinski definition) is 0. The Bertz CT molecular complexity index is 798. The number of ether oxygens (including phenoxy) is 1. The summed E-state index contributed by atoms with van der Waals surface area (Å²) in [6.07, 6.45) is -10.3. The van der Waals surface area contributed by atoms with Crippen molar-refractivity contribution < 1.29 is 44.3 Å². The van der Waals surface area contributed by atoms with E-state index in [0.717, 1.165) is 4.31 Å². The normalized spacial score (nSPS) is 17.0. The average Bonchev–Trinajstić information content (AvgIpc) is 2.60. The molecule has 28 heavy (non-hydrogen) atoms. The molecule has 0 radical (unpaired) electrons. The summed E-state index contributed by atoms with van der Waals surface area (Å²) in [5.41, 5.74) is -3.43. The van der Waals surface area contributed by atoms with E-state index in [1.54, 1.807) is 0 Å². The highest BCUT2D eigenvalue weighted by atomic mass is 32.2. The van der Waals surface area contributed by atoms with Crippen LogP contribution in [0, 0.1) is 0 Å². The van der Waals surface area contributed by atoms with Crippen molar-refractivity contribution in [1.82, 2.24) is 9.21 Å². The second-order valence-corrected chi connectivity index (χ2v) is 7.90. The summed E-state index contributed by atoms with van der Waals surface area (Å²) in [6.45, 7) is -0.890. The first-order valence-electron chi connectivity index (χ1n) is 7.83. The fourth-order valence-corrected chi connectivity index (χ4v) is 4.11. The van der Waals surface area contributed by atoms with Crippen LogP contribution in [0.5, 0.6) is 0 Å². The molecule has 13 heteroatoms. The molecule has 0 N–H and O–H groups in total. The summed E-state index contributed by atoms with van der Waals surface area (Å²) in [4.78, 5) is 11.9. The minimum Gasteiger partial charge on any atom is -0.375 e. The van der Waals surface area contributed by atoms with Crippen molar-refractivity contribution in [1.29, 1.82) is 0 Å². The molecule has 0 bridgehead atoms. The van der Waals surface area contributed by atoms with Crippen LogP contribution in [0.25, 0.3) is 0 Å². The highest BCUT2D eigenvalue weighted by Crippen LogP contribution is 2.37. The van der Waals surface area contributed by atoms with Crippen molar-refractivity contribution in [3.63, 3.8) is 0 Å². The van der Waals surface area contributed by atoms with Gasteiger partial charge < -0.3 is 9.64 Å². The lowest BCUT2D eigenvalue weighted by Gasteiger charge is -2.34. The number of hydrogen-bond acceptors (Lipinski definition) is 4. The number of alkyl halides is 6. The number of piperazine rings is 1. The first-order chi connectivity index (χ1) is 12.8. The zero-order valence-corrected chi connectivity index (χ0v) is 15.3. The minimum atomic E-state index is -5.16. The van der Waals surface area contributed by atoms with Crippen LogP contribution >= 0.6 is 0 Å². The number of methoxy groups -OCH3 is 1. The number of rotatable bonds is 4. The van der Waals surface area contributed by atoms with Gasteiger partial charge in [-0.2, -0.15) is 30.6 Å². The highest BCUT2D eigenvalue weighted by molar-refractivity contribution is 7.89. The maximum absolute atomic E-state index is 12.9. The molecule has 0 aromatic heterocycles. The van der Waals surface area contributed by atoms with Gasteiger partial charge in [0, 0.05) is 33.3 Å². The van der Waals surface area contributed by atoms with Crippen molar-refractivity contribution >= 4 is 15.9 Å². The van der Waals surface area contributed by atoms with E-state index in [1.165, 1.54) is 12.0 Å². The molecular formula is C15H16F6N2O4S. The molecule has 0 atom stereocenters. The highest BCUT2D eigenvalue weighted by Gasteiger charge is 2.39. The van der Waals surface area contributed by atoms with Crippen molar-refractivity contribution in [2.75, 3.05) is 39.9 Å². The third-order valence-corrected chi connectivity index (χ3v) is 5.93. The van der Waals surface area contributed by atoms with Crippen LogP contribution in [0.2, 0.25) is 0 Å². The minimum absolute atomic E-state index is 0.0630. The van der Waals surface area contributed by atoms with Crippen molar-refractivity contribution in [2.24, 2.45) is 0 Å². The van der Waals surface area contributed by atoms with Gasteiger partial charge in [0.1, 0.15) is 6.61 Å². The van der Waals surface area contributed by atoms with Crippen LogP contribution in [-0.4, -0.2) is 63.4 Å². The zero-order chi connectivity index (χ0) is 21.3. The van der Waals surface area contributed by atoms with Crippen LogP contribution in [0.3, 0.4) is 0 Å². The Labute approximate surface area is 156 Å². The summed E-state index contributed by atoms with van der Waals surface area (Å²) >= 11 is 0. The predicted octanol–water partition coefficient (Wildman–Crippen LogP) is 2.20. The topological polar surface area (TPSA) is 66.9 Å². The smallest absolute Gasteiger partial charge is 0.375 e. The van der Waals surface area contributed by atoms with Crippen LogP contribution in [0.15, 0.2) is 23.1 Å². The Morgan fingerprint density at radius 2 is 1.43 bits per heavy atom. The fourth-order valence-electron chi connectivity index (χ4n) is 2.62. The van der Waals surface area contributed by atoms with E-state index < -0.39 is 44.3 Å². The Morgan fingerprint density at radius 3 is 1.82 bits per heavy atom. The van der Waals surface area contributed by atoms with Gasteiger partial charge in [-0.05, 0) is 18.2 Å². The molecule has 0 spiro atoms. The molecule has 1 aromatic carbocycles. The third kappa shape index (κ3) is 4.94. The number of benzene rings is 1. The van der Waals surface area contributed by atoms with Gasteiger partial charge in [-0.15, -0.1) is 0 Å². The van der Waals surface area contributed by atoms with E-state index in [0.29, 0.717) is 0 Å². The lowest BCUT2D eigenvalue weighted by atomic mass is 10.1. The summed E-state index contributed by atoms with van der Waals surface area (Å²) in [6, 6.07) is 0.209. The van der Waals surface area contributed by atoms with E-state index in [9.17, 15) is 39.6 Å². The zero-order valence-electron chi connectivity index (χ0n) is 14.5. The van der Waals surface area contributed by atoms with Crippen LogP contribution in [-0.2, 0) is 31.9 Å². The summed E-state index contributed by atoms with van der Waals surface area (Å²) in [7, 11) is -3.33. The molecule has 1 fully saturated rings. The largest absolute Gasteiger partial charge is 0.416 e. The van der Waals surface area contributed by atoms with Gasteiger partial charge in [-0.1, -0.05) is 0 Å². The fraction of sp³-hybridized carbons (Fsp3) is 0.533. The molecule has 0 unspecified atom stereocenters. The second-order valence-electron chi connectivity index (χ2n) is 5.96. The first kappa shape index (κ1) is 22.4. The number of nitrogens with zero attached hydrogens (tertiary/aromatic N) is 2. The van der Waals surface area contributed by atoms with Crippen molar-refractivity contribution in [2.45, 2.75) is 17.2 Å². The van der Waals surface area contributed by atoms with E-state index >= 15 is 0 Å². The Balaban J connectivity index is 2.34. The quantitative estimate of drug-likeness (QED) is 0.682. The van der Waals surface area contributed by atoms with Crippen LogP contribution in [0.1, 0.15) is 11.1 Å². The van der Waals surface area contributed by atoms with Gasteiger partial charge in [0.15, 0.2) is 0 Å². The van der Waals surface area contributed by atoms with Gasteiger partial charge in [-0.3, -0.25) is 4.79 Å². The van der Waals surface area contributed by atoms with E-state index in [1.807, 2.05) is 0 Å². The van der Waals surface area contributed by atoms with Gasteiger partial charge in [0.25, 0.3) is 0 Å². The lowest BCUT2D eigenvalue weighted by Crippen LogP contribution is -2.51. The Morgan fingerprint density at radius 1 is 0.964 bits per heavy atom. The van der Waals surface area contributed by atoms with Crippen LogP contribution < -0.4 is 0 Å². The molecular weight excluding hydrogens is 418 g/mol. The lowest BCUT2D eigenvalue weighted by molar-refractivity contribution is -0.143. The molecule has 1 aliphatic heterocycles. The number of sulfonamides is 1. The monoisotopic (exact) mass is 434 g/mol. The molecule has 1 saturated heterocycles. The third-order valence-electron chi connectivity index (χ3n) is 4.06. The number of amides is 1. The average molecular weight is 434 g/mol. The summed E-state index contributed by atoms with van der Waals surface area (Å²) in [5.74, 6) is -0.405. The maximum atomic E-state index is 12.9. The number of carbonyl (C=O) groups is 1. The van der Waals surface area contributed by atoms with Gasteiger partial charge in [0.05, 0.1) is 16.0 Å². The van der Waals surface area contributed by atoms with E-state index in [2.05, 4.69) is 4.74 Å².